The van der Waals surface area contributed by atoms with Gasteiger partial charge in [0.15, 0.2) is 0 Å². The Labute approximate surface area is 169 Å². The second-order valence-corrected chi connectivity index (χ2v) is 8.41. The van der Waals surface area contributed by atoms with Gasteiger partial charge in [-0.1, -0.05) is 64.7 Å². The van der Waals surface area contributed by atoms with E-state index in [-0.39, 0.29) is 5.91 Å². The third-order valence-electron chi connectivity index (χ3n) is 5.88. The molecule has 0 radical (unpaired) electrons. The molecule has 160 valence electrons. The highest BCUT2D eigenvalue weighted by Crippen LogP contribution is 2.14. The van der Waals surface area contributed by atoms with Crippen LogP contribution in [0.2, 0.25) is 0 Å². The third kappa shape index (κ3) is 14.1. The van der Waals surface area contributed by atoms with Gasteiger partial charge in [-0.2, -0.15) is 0 Å². The van der Waals surface area contributed by atoms with Gasteiger partial charge < -0.3 is 15.5 Å². The molecule has 0 aliphatic carbocycles. The molecule has 1 atom stereocenters. The van der Waals surface area contributed by atoms with Gasteiger partial charge in [0.2, 0.25) is 5.91 Å². The van der Waals surface area contributed by atoms with Crippen LogP contribution in [0.25, 0.3) is 0 Å². The molecule has 1 rings (SSSR count). The molecule has 0 aromatic heterocycles. The molecule has 0 aromatic rings. The summed E-state index contributed by atoms with van der Waals surface area (Å²) in [6.45, 7) is 9.61. The number of hydrogen-bond donors (Lipinski definition) is 2. The van der Waals surface area contributed by atoms with E-state index in [1.54, 1.807) is 0 Å². The summed E-state index contributed by atoms with van der Waals surface area (Å²) < 4.78 is 0. The van der Waals surface area contributed by atoms with E-state index in [2.05, 4.69) is 29.4 Å². The fraction of sp³-hybridized carbons (Fsp3) is 0.957. The molecule has 27 heavy (non-hydrogen) atoms. The topological polar surface area (TPSA) is 44.4 Å². The van der Waals surface area contributed by atoms with Crippen molar-refractivity contribution in [1.29, 1.82) is 0 Å². The van der Waals surface area contributed by atoms with Crippen molar-refractivity contribution >= 4 is 5.91 Å². The second-order valence-electron chi connectivity index (χ2n) is 8.41. The lowest BCUT2D eigenvalue weighted by Crippen LogP contribution is -2.37. The van der Waals surface area contributed by atoms with Gasteiger partial charge in [0, 0.05) is 25.6 Å². The first-order valence-corrected chi connectivity index (χ1v) is 12.0. The maximum Gasteiger partial charge on any atom is 0.221 e. The van der Waals surface area contributed by atoms with E-state index >= 15 is 0 Å². The minimum atomic E-state index is 0.217. The smallest absolute Gasteiger partial charge is 0.221 e. The number of nitrogens with one attached hydrogen (secondary N) is 2. The van der Waals surface area contributed by atoms with Gasteiger partial charge in [-0.3, -0.25) is 4.79 Å². The summed E-state index contributed by atoms with van der Waals surface area (Å²) in [5, 5.41) is 6.54. The third-order valence-corrected chi connectivity index (χ3v) is 5.88. The SMILES string of the molecule is CCCCCCCCCCCC(C)N1CCCCNCCCNC(=O)CC1. The lowest BCUT2D eigenvalue weighted by Gasteiger charge is -2.29. The van der Waals surface area contributed by atoms with Crippen molar-refractivity contribution < 1.29 is 4.79 Å². The quantitative estimate of drug-likeness (QED) is 0.501. The highest BCUT2D eigenvalue weighted by molar-refractivity contribution is 5.76. The van der Waals surface area contributed by atoms with Crippen molar-refractivity contribution in [3.8, 4) is 0 Å². The van der Waals surface area contributed by atoms with Gasteiger partial charge in [0.1, 0.15) is 0 Å². The van der Waals surface area contributed by atoms with E-state index in [0.29, 0.717) is 12.5 Å². The number of carbonyl (C=O) groups excluding carboxylic acids is 1. The Balaban J connectivity index is 2.19. The number of hydrogen-bond acceptors (Lipinski definition) is 3. The van der Waals surface area contributed by atoms with E-state index in [9.17, 15) is 4.79 Å². The molecule has 1 amide bonds. The molecule has 0 saturated carbocycles. The van der Waals surface area contributed by atoms with Gasteiger partial charge in [-0.15, -0.1) is 0 Å². The number of rotatable bonds is 11. The molecular formula is C23H47N3O. The number of carbonyl (C=O) groups is 1. The standard InChI is InChI=1S/C23H47N3O/c1-3-4-5-6-7-8-9-10-11-15-22(2)26-20-13-12-17-24-18-14-19-25-23(27)16-21-26/h22,24H,3-21H2,1-2H3,(H,25,27). The molecular weight excluding hydrogens is 334 g/mol. The number of nitrogens with zero attached hydrogens (tertiary/aromatic N) is 1. The van der Waals surface area contributed by atoms with Gasteiger partial charge in [-0.05, 0) is 52.2 Å². The molecule has 1 heterocycles. The summed E-state index contributed by atoms with van der Waals surface area (Å²) in [5.74, 6) is 0.217. The van der Waals surface area contributed by atoms with E-state index < -0.39 is 0 Å². The van der Waals surface area contributed by atoms with Gasteiger partial charge >= 0.3 is 0 Å². The highest BCUT2D eigenvalue weighted by atomic mass is 16.1. The van der Waals surface area contributed by atoms with Crippen LogP contribution in [-0.4, -0.2) is 49.6 Å². The Kier molecular flexibility index (Phi) is 15.8. The zero-order chi connectivity index (χ0) is 19.6. The highest BCUT2D eigenvalue weighted by Gasteiger charge is 2.15. The fourth-order valence-electron chi connectivity index (χ4n) is 3.95. The summed E-state index contributed by atoms with van der Waals surface area (Å²) in [6.07, 6.45) is 18.0. The molecule has 1 saturated heterocycles. The van der Waals surface area contributed by atoms with Gasteiger partial charge in [0.05, 0.1) is 0 Å². The van der Waals surface area contributed by atoms with E-state index in [1.807, 2.05) is 0 Å². The first-order chi connectivity index (χ1) is 13.2. The van der Waals surface area contributed by atoms with E-state index in [0.717, 1.165) is 39.1 Å². The van der Waals surface area contributed by atoms with Crippen molar-refractivity contribution in [1.82, 2.24) is 15.5 Å². The number of amides is 1. The van der Waals surface area contributed by atoms with Crippen molar-refractivity contribution in [2.75, 3.05) is 32.7 Å². The van der Waals surface area contributed by atoms with Crippen LogP contribution in [0.5, 0.6) is 0 Å². The van der Waals surface area contributed by atoms with Crippen LogP contribution >= 0.6 is 0 Å². The minimum absolute atomic E-state index is 0.217. The maximum absolute atomic E-state index is 12.0. The van der Waals surface area contributed by atoms with Gasteiger partial charge in [-0.25, -0.2) is 0 Å². The monoisotopic (exact) mass is 381 g/mol. The lowest BCUT2D eigenvalue weighted by molar-refractivity contribution is -0.121. The molecule has 1 aliphatic rings. The largest absolute Gasteiger partial charge is 0.356 e. The van der Waals surface area contributed by atoms with Crippen molar-refractivity contribution in [3.05, 3.63) is 0 Å². The Morgan fingerprint density at radius 1 is 0.852 bits per heavy atom. The van der Waals surface area contributed by atoms with Crippen molar-refractivity contribution in [2.45, 2.75) is 110 Å². The molecule has 4 nitrogen and oxygen atoms in total. The van der Waals surface area contributed by atoms with Gasteiger partial charge in [0.25, 0.3) is 0 Å². The molecule has 4 heteroatoms. The summed E-state index contributed by atoms with van der Waals surface area (Å²) in [5.41, 5.74) is 0. The average molecular weight is 382 g/mol. The lowest BCUT2D eigenvalue weighted by atomic mass is 10.0. The average Bonchev–Trinajstić information content (AvgIpc) is 2.68. The molecule has 2 N–H and O–H groups in total. The fourth-order valence-corrected chi connectivity index (χ4v) is 3.95. The minimum Gasteiger partial charge on any atom is -0.356 e. The van der Waals surface area contributed by atoms with E-state index in [4.69, 9.17) is 0 Å². The van der Waals surface area contributed by atoms with Crippen LogP contribution in [0.3, 0.4) is 0 Å². The first kappa shape index (κ1) is 24.4. The van der Waals surface area contributed by atoms with Crippen LogP contribution in [0.4, 0.5) is 0 Å². The summed E-state index contributed by atoms with van der Waals surface area (Å²) >= 11 is 0. The van der Waals surface area contributed by atoms with Crippen molar-refractivity contribution in [3.63, 3.8) is 0 Å². The predicted molar refractivity (Wildman–Crippen MR) is 117 cm³/mol. The van der Waals surface area contributed by atoms with Crippen LogP contribution in [0, 0.1) is 0 Å². The second kappa shape index (κ2) is 17.5. The molecule has 1 fully saturated rings. The zero-order valence-electron chi connectivity index (χ0n) is 18.4. The Hall–Kier alpha value is -0.610. The molecule has 1 unspecified atom stereocenters. The van der Waals surface area contributed by atoms with Crippen molar-refractivity contribution in [2.24, 2.45) is 0 Å². The maximum atomic E-state index is 12.0. The Bertz CT molecular complexity index is 349. The molecule has 0 bridgehead atoms. The van der Waals surface area contributed by atoms with Crippen LogP contribution < -0.4 is 10.6 Å². The Morgan fingerprint density at radius 3 is 2.26 bits per heavy atom. The summed E-state index contributed by atoms with van der Waals surface area (Å²) in [4.78, 5) is 14.6. The van der Waals surface area contributed by atoms with Crippen LogP contribution in [0.1, 0.15) is 104 Å². The summed E-state index contributed by atoms with van der Waals surface area (Å²) in [7, 11) is 0. The first-order valence-electron chi connectivity index (χ1n) is 12.0. The molecule has 1 aliphatic heterocycles. The molecule has 0 spiro atoms. The zero-order valence-corrected chi connectivity index (χ0v) is 18.4. The Morgan fingerprint density at radius 2 is 1.52 bits per heavy atom. The normalized spacial score (nSPS) is 19.6. The molecule has 0 aromatic carbocycles. The summed E-state index contributed by atoms with van der Waals surface area (Å²) in [6, 6.07) is 0.598. The van der Waals surface area contributed by atoms with Crippen LogP contribution in [0.15, 0.2) is 0 Å². The number of unbranched alkanes of at least 4 members (excludes halogenated alkanes) is 8. The van der Waals surface area contributed by atoms with Crippen LogP contribution in [-0.2, 0) is 4.79 Å². The van der Waals surface area contributed by atoms with E-state index in [1.165, 1.54) is 77.0 Å². The predicted octanol–water partition coefficient (Wildman–Crippen LogP) is 4.88.